The van der Waals surface area contributed by atoms with Crippen molar-refractivity contribution in [2.24, 2.45) is 0 Å². The molecule has 0 radical (unpaired) electrons. The highest BCUT2D eigenvalue weighted by molar-refractivity contribution is 7.85. The van der Waals surface area contributed by atoms with Crippen molar-refractivity contribution >= 4 is 22.6 Å². The van der Waals surface area contributed by atoms with E-state index in [1.54, 1.807) is 42.5 Å². The van der Waals surface area contributed by atoms with E-state index in [-0.39, 0.29) is 23.0 Å². The van der Waals surface area contributed by atoms with E-state index >= 15 is 0 Å². The Hall–Kier alpha value is -3.64. The van der Waals surface area contributed by atoms with Crippen LogP contribution in [0.3, 0.4) is 0 Å². The first-order valence-corrected chi connectivity index (χ1v) is 9.21. The normalized spacial score (nSPS) is 11.5. The van der Waals surface area contributed by atoms with Gasteiger partial charge in [0, 0.05) is 11.6 Å². The number of anilines is 2. The SMILES string of the molecule is COc1ccc(OC)c(S(=O)c2ccccc2-c2nc(N)nc(N)c2C#N)c1. The third kappa shape index (κ3) is 3.45. The lowest BCUT2D eigenvalue weighted by molar-refractivity contribution is 0.393. The lowest BCUT2D eigenvalue weighted by Crippen LogP contribution is -2.07. The number of methoxy groups -OCH3 is 2. The van der Waals surface area contributed by atoms with Crippen molar-refractivity contribution in [2.45, 2.75) is 9.79 Å². The molecule has 0 saturated carbocycles. The summed E-state index contributed by atoms with van der Waals surface area (Å²) in [7, 11) is 1.35. The Bertz CT molecular complexity index is 1110. The first-order valence-electron chi connectivity index (χ1n) is 8.06. The highest BCUT2D eigenvalue weighted by Gasteiger charge is 2.22. The number of nitrogens with zero attached hydrogens (tertiary/aromatic N) is 3. The van der Waals surface area contributed by atoms with E-state index < -0.39 is 10.8 Å². The van der Waals surface area contributed by atoms with Gasteiger partial charge < -0.3 is 20.9 Å². The van der Waals surface area contributed by atoms with Gasteiger partial charge in [0.2, 0.25) is 5.95 Å². The summed E-state index contributed by atoms with van der Waals surface area (Å²) < 4.78 is 24.0. The molecule has 0 fully saturated rings. The molecular formula is C19H17N5O3S. The van der Waals surface area contributed by atoms with E-state index in [9.17, 15) is 9.47 Å². The number of hydrogen-bond donors (Lipinski definition) is 2. The van der Waals surface area contributed by atoms with Gasteiger partial charge in [0.15, 0.2) is 0 Å². The average Bonchev–Trinajstić information content (AvgIpc) is 2.72. The van der Waals surface area contributed by atoms with Crippen LogP contribution in [-0.4, -0.2) is 28.4 Å². The Kier molecular flexibility index (Phi) is 5.42. The predicted octanol–water partition coefficient (Wildman–Crippen LogP) is 2.36. The molecule has 3 rings (SSSR count). The molecule has 0 bridgehead atoms. The fourth-order valence-corrected chi connectivity index (χ4v) is 4.03. The molecule has 9 heteroatoms. The fourth-order valence-electron chi connectivity index (χ4n) is 2.67. The van der Waals surface area contributed by atoms with Crippen LogP contribution in [0.1, 0.15) is 5.56 Å². The minimum atomic E-state index is -1.66. The summed E-state index contributed by atoms with van der Waals surface area (Å²) in [4.78, 5) is 8.82. The third-order valence-electron chi connectivity index (χ3n) is 3.98. The van der Waals surface area contributed by atoms with Gasteiger partial charge in [0.05, 0.1) is 40.5 Å². The van der Waals surface area contributed by atoms with Crippen molar-refractivity contribution in [2.75, 3.05) is 25.7 Å². The van der Waals surface area contributed by atoms with Crippen LogP contribution in [0.2, 0.25) is 0 Å². The van der Waals surface area contributed by atoms with Crippen LogP contribution in [0.25, 0.3) is 11.3 Å². The number of aromatic nitrogens is 2. The van der Waals surface area contributed by atoms with E-state index in [1.807, 2.05) is 6.07 Å². The molecule has 0 spiro atoms. The number of nitrogen functional groups attached to an aromatic ring is 2. The smallest absolute Gasteiger partial charge is 0.222 e. The predicted molar refractivity (Wildman–Crippen MR) is 105 cm³/mol. The van der Waals surface area contributed by atoms with Gasteiger partial charge in [-0.1, -0.05) is 18.2 Å². The van der Waals surface area contributed by atoms with Crippen LogP contribution >= 0.6 is 0 Å². The first-order chi connectivity index (χ1) is 13.5. The Labute approximate surface area is 164 Å². The molecule has 4 N–H and O–H groups in total. The number of hydrogen-bond acceptors (Lipinski definition) is 8. The van der Waals surface area contributed by atoms with Crippen molar-refractivity contribution in [3.8, 4) is 28.8 Å². The van der Waals surface area contributed by atoms with Gasteiger partial charge in [0.25, 0.3) is 0 Å². The number of nitriles is 1. The molecule has 28 heavy (non-hydrogen) atoms. The second-order valence-electron chi connectivity index (χ2n) is 5.58. The van der Waals surface area contributed by atoms with Crippen LogP contribution in [0.4, 0.5) is 11.8 Å². The van der Waals surface area contributed by atoms with Crippen LogP contribution in [0.15, 0.2) is 52.3 Å². The van der Waals surface area contributed by atoms with E-state index in [0.717, 1.165) is 0 Å². The van der Waals surface area contributed by atoms with Crippen LogP contribution in [0, 0.1) is 11.3 Å². The van der Waals surface area contributed by atoms with Gasteiger partial charge in [-0.3, -0.25) is 0 Å². The molecule has 0 amide bonds. The zero-order valence-electron chi connectivity index (χ0n) is 15.2. The quantitative estimate of drug-likeness (QED) is 0.671. The zero-order valence-corrected chi connectivity index (χ0v) is 16.0. The Morgan fingerprint density at radius 3 is 2.46 bits per heavy atom. The summed E-state index contributed by atoms with van der Waals surface area (Å²) in [6.45, 7) is 0. The maximum absolute atomic E-state index is 13.4. The van der Waals surface area contributed by atoms with Gasteiger partial charge in [-0.25, -0.2) is 9.19 Å². The van der Waals surface area contributed by atoms with Gasteiger partial charge in [-0.15, -0.1) is 0 Å². The molecule has 142 valence electrons. The second kappa shape index (κ2) is 7.94. The molecular weight excluding hydrogens is 378 g/mol. The van der Waals surface area contributed by atoms with E-state index in [0.29, 0.717) is 26.9 Å². The highest BCUT2D eigenvalue weighted by Crippen LogP contribution is 2.35. The summed E-state index contributed by atoms with van der Waals surface area (Å²) in [5.74, 6) is 0.863. The molecule has 0 aliphatic rings. The number of benzene rings is 2. The third-order valence-corrected chi connectivity index (χ3v) is 5.45. The summed E-state index contributed by atoms with van der Waals surface area (Å²) >= 11 is 0. The zero-order chi connectivity index (χ0) is 20.3. The van der Waals surface area contributed by atoms with Gasteiger partial charge in [-0.05, 0) is 18.2 Å². The van der Waals surface area contributed by atoms with Gasteiger partial charge in [-0.2, -0.15) is 10.2 Å². The number of ether oxygens (including phenoxy) is 2. The van der Waals surface area contributed by atoms with E-state index in [1.165, 1.54) is 14.2 Å². The lowest BCUT2D eigenvalue weighted by atomic mass is 10.1. The Morgan fingerprint density at radius 1 is 1.04 bits per heavy atom. The first kappa shape index (κ1) is 19.1. The largest absolute Gasteiger partial charge is 0.497 e. The molecule has 0 saturated heterocycles. The number of nitrogens with two attached hydrogens (primary N) is 2. The van der Waals surface area contributed by atoms with Crippen LogP contribution in [0.5, 0.6) is 11.5 Å². The van der Waals surface area contributed by atoms with Crippen molar-refractivity contribution < 1.29 is 13.7 Å². The van der Waals surface area contributed by atoms with Crippen molar-refractivity contribution in [1.82, 2.24) is 9.97 Å². The molecule has 8 nitrogen and oxygen atoms in total. The van der Waals surface area contributed by atoms with Crippen LogP contribution in [-0.2, 0) is 10.8 Å². The molecule has 2 aromatic carbocycles. The monoisotopic (exact) mass is 395 g/mol. The Morgan fingerprint density at radius 2 is 1.79 bits per heavy atom. The van der Waals surface area contributed by atoms with Crippen molar-refractivity contribution in [1.29, 1.82) is 5.26 Å². The molecule has 0 aliphatic heterocycles. The minimum absolute atomic E-state index is 0.0375. The second-order valence-corrected chi connectivity index (χ2v) is 7.00. The average molecular weight is 395 g/mol. The maximum Gasteiger partial charge on any atom is 0.222 e. The van der Waals surface area contributed by atoms with Crippen molar-refractivity contribution in [3.05, 3.63) is 48.0 Å². The molecule has 1 aromatic heterocycles. The van der Waals surface area contributed by atoms with E-state index in [4.69, 9.17) is 20.9 Å². The minimum Gasteiger partial charge on any atom is -0.497 e. The summed E-state index contributed by atoms with van der Waals surface area (Å²) in [5.41, 5.74) is 12.3. The van der Waals surface area contributed by atoms with E-state index in [2.05, 4.69) is 9.97 Å². The molecule has 0 aliphatic carbocycles. The maximum atomic E-state index is 13.4. The molecule has 1 heterocycles. The molecule has 1 atom stereocenters. The van der Waals surface area contributed by atoms with Crippen LogP contribution < -0.4 is 20.9 Å². The summed E-state index contributed by atoms with van der Waals surface area (Å²) in [6, 6.07) is 13.9. The lowest BCUT2D eigenvalue weighted by Gasteiger charge is -2.14. The van der Waals surface area contributed by atoms with Gasteiger partial charge >= 0.3 is 0 Å². The standard InChI is InChI=1S/C19H17N5O3S/c1-26-11-7-8-14(27-2)16(9-11)28(25)15-6-4-3-5-12(15)17-13(10-20)18(21)24-19(22)23-17/h3-9H,1-2H3,(H4,21,22,23,24). The Balaban J connectivity index is 2.23. The van der Waals surface area contributed by atoms with Gasteiger partial charge in [0.1, 0.15) is 28.9 Å². The summed E-state index contributed by atoms with van der Waals surface area (Å²) in [6.07, 6.45) is 0. The highest BCUT2D eigenvalue weighted by atomic mass is 32.2. The van der Waals surface area contributed by atoms with Crippen molar-refractivity contribution in [3.63, 3.8) is 0 Å². The molecule has 3 aromatic rings. The summed E-state index contributed by atoms with van der Waals surface area (Å²) in [5, 5.41) is 9.49. The molecule has 1 unspecified atom stereocenters. The topological polar surface area (TPSA) is 137 Å². The fraction of sp³-hybridized carbons (Fsp3) is 0.105. The number of rotatable bonds is 5.